The van der Waals surface area contributed by atoms with E-state index in [9.17, 15) is 0 Å². The quantitative estimate of drug-likeness (QED) is 0.465. The maximum absolute atomic E-state index is 2.52. The van der Waals surface area contributed by atoms with E-state index in [0.29, 0.717) is 0 Å². The molecule has 113 valence electrons. The second kappa shape index (κ2) is 8.70. The first kappa shape index (κ1) is 15.9. The largest absolute Gasteiger partial charge is 0.0885 e. The predicted molar refractivity (Wildman–Crippen MR) is 89.5 cm³/mol. The molecule has 0 saturated heterocycles. The molecular formula is C20H33. The summed E-state index contributed by atoms with van der Waals surface area (Å²) in [5.74, 6) is 2.64. The van der Waals surface area contributed by atoms with E-state index in [4.69, 9.17) is 0 Å². The lowest BCUT2D eigenvalue weighted by molar-refractivity contribution is 0.283. The van der Waals surface area contributed by atoms with Gasteiger partial charge in [0.1, 0.15) is 0 Å². The van der Waals surface area contributed by atoms with E-state index < -0.39 is 0 Å². The second-order valence-electron chi connectivity index (χ2n) is 7.03. The van der Waals surface area contributed by atoms with E-state index in [1.165, 1.54) is 64.2 Å². The fraction of sp³-hybridized carbons (Fsp3) is 0.750. The average molecular weight is 273 g/mol. The Morgan fingerprint density at radius 2 is 2.15 bits per heavy atom. The molecule has 0 bridgehead atoms. The van der Waals surface area contributed by atoms with Crippen molar-refractivity contribution in [3.05, 3.63) is 30.2 Å². The van der Waals surface area contributed by atoms with E-state index in [2.05, 4.69) is 38.5 Å². The van der Waals surface area contributed by atoms with Crippen LogP contribution in [0.1, 0.15) is 78.1 Å². The van der Waals surface area contributed by atoms with Crippen LogP contribution in [0.25, 0.3) is 0 Å². The van der Waals surface area contributed by atoms with Crippen LogP contribution in [-0.4, -0.2) is 0 Å². The molecule has 2 rings (SSSR count). The summed E-state index contributed by atoms with van der Waals surface area (Å²) in [7, 11) is 0. The Morgan fingerprint density at radius 3 is 2.80 bits per heavy atom. The maximum Gasteiger partial charge on any atom is -0.0318 e. The van der Waals surface area contributed by atoms with Crippen LogP contribution in [0.15, 0.2) is 23.8 Å². The normalized spacial score (nSPS) is 26.1. The molecule has 0 aromatic rings. The standard InChI is InChI=1S/C20H33/c1-3-19(20-12-8-5-9-13-20)16-17(2)14-15-18-10-6-4-7-11-18/h3,5,8,10,17,19-20H,4,6-7,9,11-16H2,1-2H3. The maximum atomic E-state index is 2.52. The first-order valence-corrected chi connectivity index (χ1v) is 8.92. The molecule has 0 heterocycles. The highest BCUT2D eigenvalue weighted by Gasteiger charge is 2.22. The van der Waals surface area contributed by atoms with Gasteiger partial charge in [-0.25, -0.2) is 0 Å². The lowest BCUT2D eigenvalue weighted by Gasteiger charge is -2.29. The Bertz CT molecular complexity index is 323. The third-order valence-corrected chi connectivity index (χ3v) is 5.36. The summed E-state index contributed by atoms with van der Waals surface area (Å²) in [6.45, 7) is 4.75. The lowest BCUT2D eigenvalue weighted by Crippen LogP contribution is -2.18. The van der Waals surface area contributed by atoms with Crippen LogP contribution in [0.2, 0.25) is 0 Å². The molecule has 0 heteroatoms. The molecule has 0 saturated carbocycles. The third-order valence-electron chi connectivity index (χ3n) is 5.36. The third kappa shape index (κ3) is 5.11. The highest BCUT2D eigenvalue weighted by molar-refractivity contribution is 5.05. The molecule has 3 atom stereocenters. The molecule has 0 fully saturated rings. The van der Waals surface area contributed by atoms with Crippen LogP contribution in [0.4, 0.5) is 0 Å². The van der Waals surface area contributed by atoms with Crippen molar-refractivity contribution in [2.24, 2.45) is 17.8 Å². The molecular weight excluding hydrogens is 240 g/mol. The summed E-state index contributed by atoms with van der Waals surface area (Å²) in [4.78, 5) is 0. The molecule has 0 amide bonds. The number of allylic oxidation sites excluding steroid dienone is 4. The van der Waals surface area contributed by atoms with E-state index in [0.717, 1.165) is 17.8 Å². The van der Waals surface area contributed by atoms with Crippen molar-refractivity contribution in [2.45, 2.75) is 78.1 Å². The van der Waals surface area contributed by atoms with E-state index in [1.807, 2.05) is 0 Å². The van der Waals surface area contributed by atoms with Gasteiger partial charge in [-0.15, -0.1) is 0 Å². The fourth-order valence-corrected chi connectivity index (χ4v) is 3.95. The molecule has 20 heavy (non-hydrogen) atoms. The first-order valence-electron chi connectivity index (χ1n) is 8.92. The van der Waals surface area contributed by atoms with Crippen molar-refractivity contribution >= 4 is 0 Å². The van der Waals surface area contributed by atoms with Gasteiger partial charge >= 0.3 is 0 Å². The van der Waals surface area contributed by atoms with Crippen molar-refractivity contribution < 1.29 is 0 Å². The van der Waals surface area contributed by atoms with Gasteiger partial charge in [-0.1, -0.05) is 37.6 Å². The SMILES string of the molecule is C[CH]C(CC(C)CCC1=CCCCC1)C1CC=CCC1. The summed E-state index contributed by atoms with van der Waals surface area (Å²) in [6, 6.07) is 0. The van der Waals surface area contributed by atoms with Crippen molar-refractivity contribution in [3.8, 4) is 0 Å². The second-order valence-corrected chi connectivity index (χ2v) is 7.03. The van der Waals surface area contributed by atoms with Crippen molar-refractivity contribution in [2.75, 3.05) is 0 Å². The Hall–Kier alpha value is -0.520. The summed E-state index contributed by atoms with van der Waals surface area (Å²) in [5.41, 5.74) is 1.75. The summed E-state index contributed by atoms with van der Waals surface area (Å²) in [5, 5.41) is 0. The van der Waals surface area contributed by atoms with Gasteiger partial charge in [-0.3, -0.25) is 0 Å². The predicted octanol–water partition coefficient (Wildman–Crippen LogP) is 6.49. The van der Waals surface area contributed by atoms with Gasteiger partial charge in [0.15, 0.2) is 0 Å². The topological polar surface area (TPSA) is 0 Å². The molecule has 0 N–H and O–H groups in total. The monoisotopic (exact) mass is 273 g/mol. The van der Waals surface area contributed by atoms with Crippen LogP contribution in [0, 0.1) is 24.2 Å². The van der Waals surface area contributed by atoms with Gasteiger partial charge in [0.25, 0.3) is 0 Å². The highest BCUT2D eigenvalue weighted by atomic mass is 14.3. The molecule has 0 nitrogen and oxygen atoms in total. The van der Waals surface area contributed by atoms with Gasteiger partial charge in [-0.05, 0) is 88.4 Å². The van der Waals surface area contributed by atoms with Crippen molar-refractivity contribution in [1.82, 2.24) is 0 Å². The molecule has 0 aliphatic heterocycles. The zero-order valence-electron chi connectivity index (χ0n) is 13.6. The van der Waals surface area contributed by atoms with Crippen LogP contribution in [-0.2, 0) is 0 Å². The Kier molecular flexibility index (Phi) is 6.90. The highest BCUT2D eigenvalue weighted by Crippen LogP contribution is 2.34. The molecule has 3 unspecified atom stereocenters. The minimum Gasteiger partial charge on any atom is -0.0885 e. The number of hydrogen-bond donors (Lipinski definition) is 0. The van der Waals surface area contributed by atoms with Crippen molar-refractivity contribution in [3.63, 3.8) is 0 Å². The Morgan fingerprint density at radius 1 is 1.25 bits per heavy atom. The van der Waals surface area contributed by atoms with Gasteiger partial charge in [0.2, 0.25) is 0 Å². The zero-order valence-corrected chi connectivity index (χ0v) is 13.6. The molecule has 0 aromatic heterocycles. The van der Waals surface area contributed by atoms with Gasteiger partial charge in [-0.2, -0.15) is 0 Å². The van der Waals surface area contributed by atoms with E-state index in [-0.39, 0.29) is 0 Å². The Labute approximate surface area is 126 Å². The first-order chi connectivity index (χ1) is 9.79. The van der Waals surface area contributed by atoms with Gasteiger partial charge < -0.3 is 0 Å². The summed E-state index contributed by atoms with van der Waals surface area (Å²) in [6.07, 6.45) is 23.5. The van der Waals surface area contributed by atoms with Crippen LogP contribution in [0.5, 0.6) is 0 Å². The van der Waals surface area contributed by atoms with Crippen molar-refractivity contribution in [1.29, 1.82) is 0 Å². The molecule has 0 aromatic carbocycles. The van der Waals surface area contributed by atoms with Crippen LogP contribution >= 0.6 is 0 Å². The Balaban J connectivity index is 1.72. The van der Waals surface area contributed by atoms with E-state index in [1.54, 1.807) is 5.57 Å². The van der Waals surface area contributed by atoms with Crippen LogP contribution in [0.3, 0.4) is 0 Å². The average Bonchev–Trinajstić information content (AvgIpc) is 2.52. The number of hydrogen-bond acceptors (Lipinski definition) is 0. The molecule has 0 spiro atoms. The molecule has 2 aliphatic carbocycles. The molecule has 2 aliphatic rings. The molecule has 1 radical (unpaired) electrons. The summed E-state index contributed by atoms with van der Waals surface area (Å²) >= 11 is 0. The van der Waals surface area contributed by atoms with Gasteiger partial charge in [0, 0.05) is 0 Å². The van der Waals surface area contributed by atoms with E-state index >= 15 is 0 Å². The van der Waals surface area contributed by atoms with Crippen LogP contribution < -0.4 is 0 Å². The minimum absolute atomic E-state index is 0.843. The zero-order chi connectivity index (χ0) is 14.2. The summed E-state index contributed by atoms with van der Waals surface area (Å²) < 4.78 is 0. The van der Waals surface area contributed by atoms with Gasteiger partial charge in [0.05, 0.1) is 0 Å². The lowest BCUT2D eigenvalue weighted by atomic mass is 9.76. The number of rotatable bonds is 7. The smallest absolute Gasteiger partial charge is 0.0318 e. The minimum atomic E-state index is 0.843. The fourth-order valence-electron chi connectivity index (χ4n) is 3.95.